The Labute approximate surface area is 91.4 Å². The van der Waals surface area contributed by atoms with Crippen molar-refractivity contribution in [3.8, 4) is 0 Å². The molecular formula is C11H11BrO2. The molecule has 0 spiro atoms. The van der Waals surface area contributed by atoms with Crippen LogP contribution in [-0.4, -0.2) is 11.1 Å². The van der Waals surface area contributed by atoms with Crippen LogP contribution in [0.1, 0.15) is 18.4 Å². The standard InChI is InChI=1S/C11H11BrO2/c1-8(2-7-11(13)14)9-3-5-10(12)6-4-9/h3-6H,1-2,7H2,(H,13,14). The minimum atomic E-state index is -0.789. The van der Waals surface area contributed by atoms with Crippen LogP contribution in [0.25, 0.3) is 5.57 Å². The Morgan fingerprint density at radius 2 is 1.86 bits per heavy atom. The van der Waals surface area contributed by atoms with Gasteiger partial charge in [0.15, 0.2) is 0 Å². The molecule has 0 atom stereocenters. The Hall–Kier alpha value is -1.09. The third-order valence-electron chi connectivity index (χ3n) is 1.89. The maximum atomic E-state index is 10.3. The van der Waals surface area contributed by atoms with Gasteiger partial charge in [-0.25, -0.2) is 0 Å². The van der Waals surface area contributed by atoms with Crippen molar-refractivity contribution in [3.05, 3.63) is 40.9 Å². The van der Waals surface area contributed by atoms with Crippen LogP contribution < -0.4 is 0 Å². The molecule has 1 N–H and O–H groups in total. The lowest BCUT2D eigenvalue weighted by molar-refractivity contribution is -0.136. The number of carboxylic acids is 1. The van der Waals surface area contributed by atoms with Crippen LogP contribution in [0.5, 0.6) is 0 Å². The predicted octanol–water partition coefficient (Wildman–Crippen LogP) is 3.33. The van der Waals surface area contributed by atoms with Gasteiger partial charge in [-0.1, -0.05) is 34.6 Å². The molecule has 2 nitrogen and oxygen atoms in total. The molecule has 1 aromatic carbocycles. The first kappa shape index (κ1) is 11.0. The number of allylic oxidation sites excluding steroid dienone is 1. The molecule has 3 heteroatoms. The van der Waals surface area contributed by atoms with Crippen molar-refractivity contribution in [2.75, 3.05) is 0 Å². The Balaban J connectivity index is 2.61. The van der Waals surface area contributed by atoms with Crippen LogP contribution in [0.4, 0.5) is 0 Å². The summed E-state index contributed by atoms with van der Waals surface area (Å²) in [5.41, 5.74) is 1.86. The molecule has 14 heavy (non-hydrogen) atoms. The molecule has 1 rings (SSSR count). The molecule has 0 aromatic heterocycles. The summed E-state index contributed by atoms with van der Waals surface area (Å²) in [7, 11) is 0. The van der Waals surface area contributed by atoms with Crippen molar-refractivity contribution < 1.29 is 9.90 Å². The highest BCUT2D eigenvalue weighted by Crippen LogP contribution is 2.20. The highest BCUT2D eigenvalue weighted by Gasteiger charge is 2.02. The second kappa shape index (κ2) is 4.96. The summed E-state index contributed by atoms with van der Waals surface area (Å²) in [6.07, 6.45) is 0.631. The van der Waals surface area contributed by atoms with Crippen molar-refractivity contribution in [2.45, 2.75) is 12.8 Å². The minimum absolute atomic E-state index is 0.134. The van der Waals surface area contributed by atoms with Crippen LogP contribution in [0, 0.1) is 0 Å². The van der Waals surface area contributed by atoms with E-state index in [0.717, 1.165) is 15.6 Å². The van der Waals surface area contributed by atoms with Crippen molar-refractivity contribution >= 4 is 27.5 Å². The van der Waals surface area contributed by atoms with Crippen LogP contribution in [-0.2, 0) is 4.79 Å². The molecule has 0 aliphatic heterocycles. The van der Waals surface area contributed by atoms with E-state index in [2.05, 4.69) is 22.5 Å². The van der Waals surface area contributed by atoms with Gasteiger partial charge in [0.25, 0.3) is 0 Å². The fourth-order valence-corrected chi connectivity index (χ4v) is 1.35. The van der Waals surface area contributed by atoms with Crippen LogP contribution in [0.3, 0.4) is 0 Å². The number of rotatable bonds is 4. The quantitative estimate of drug-likeness (QED) is 0.895. The minimum Gasteiger partial charge on any atom is -0.481 e. The molecule has 0 fully saturated rings. The Morgan fingerprint density at radius 3 is 2.36 bits per heavy atom. The number of carbonyl (C=O) groups is 1. The lowest BCUT2D eigenvalue weighted by Crippen LogP contribution is -1.94. The summed E-state index contributed by atoms with van der Waals surface area (Å²) in [5, 5.41) is 8.50. The van der Waals surface area contributed by atoms with Gasteiger partial charge in [-0.05, 0) is 29.7 Å². The molecule has 0 saturated heterocycles. The molecular weight excluding hydrogens is 244 g/mol. The van der Waals surface area contributed by atoms with Gasteiger partial charge in [-0.15, -0.1) is 0 Å². The molecule has 0 amide bonds. The first-order valence-corrected chi connectivity index (χ1v) is 5.04. The zero-order valence-corrected chi connectivity index (χ0v) is 9.25. The molecule has 0 heterocycles. The fraction of sp³-hybridized carbons (Fsp3) is 0.182. The molecule has 0 saturated carbocycles. The first-order chi connectivity index (χ1) is 6.59. The van der Waals surface area contributed by atoms with Gasteiger partial charge in [-0.2, -0.15) is 0 Å². The highest BCUT2D eigenvalue weighted by molar-refractivity contribution is 9.10. The number of hydrogen-bond donors (Lipinski definition) is 1. The third-order valence-corrected chi connectivity index (χ3v) is 2.42. The monoisotopic (exact) mass is 254 g/mol. The second-order valence-electron chi connectivity index (χ2n) is 3.00. The summed E-state index contributed by atoms with van der Waals surface area (Å²) >= 11 is 3.33. The summed E-state index contributed by atoms with van der Waals surface area (Å²) in [5.74, 6) is -0.789. The molecule has 74 valence electrons. The van der Waals surface area contributed by atoms with Gasteiger partial charge in [0, 0.05) is 10.9 Å². The number of halogens is 1. The zero-order valence-electron chi connectivity index (χ0n) is 7.66. The first-order valence-electron chi connectivity index (χ1n) is 4.25. The van der Waals surface area contributed by atoms with Crippen LogP contribution in [0.15, 0.2) is 35.3 Å². The summed E-state index contributed by atoms with van der Waals surface area (Å²) in [4.78, 5) is 10.3. The number of aliphatic carboxylic acids is 1. The van der Waals surface area contributed by atoms with E-state index in [0.29, 0.717) is 6.42 Å². The lowest BCUT2D eigenvalue weighted by atomic mass is 10.0. The maximum Gasteiger partial charge on any atom is 0.303 e. The summed E-state index contributed by atoms with van der Waals surface area (Å²) in [6, 6.07) is 7.69. The maximum absolute atomic E-state index is 10.3. The fourth-order valence-electron chi connectivity index (χ4n) is 1.09. The van der Waals surface area contributed by atoms with Crippen molar-refractivity contribution in [1.82, 2.24) is 0 Å². The number of benzene rings is 1. The third kappa shape index (κ3) is 3.34. The van der Waals surface area contributed by atoms with Crippen molar-refractivity contribution in [1.29, 1.82) is 0 Å². The van der Waals surface area contributed by atoms with E-state index in [4.69, 9.17) is 5.11 Å². The molecule has 0 bridgehead atoms. The normalized spacial score (nSPS) is 9.79. The Bertz CT molecular complexity index is 341. The van der Waals surface area contributed by atoms with E-state index in [-0.39, 0.29) is 6.42 Å². The van der Waals surface area contributed by atoms with E-state index >= 15 is 0 Å². The van der Waals surface area contributed by atoms with Crippen molar-refractivity contribution in [2.24, 2.45) is 0 Å². The topological polar surface area (TPSA) is 37.3 Å². The van der Waals surface area contributed by atoms with Crippen LogP contribution >= 0.6 is 15.9 Å². The average Bonchev–Trinajstić information content (AvgIpc) is 2.15. The van der Waals surface area contributed by atoms with E-state index in [1.807, 2.05) is 24.3 Å². The lowest BCUT2D eigenvalue weighted by Gasteiger charge is -2.03. The average molecular weight is 255 g/mol. The molecule has 0 aliphatic rings. The highest BCUT2D eigenvalue weighted by atomic mass is 79.9. The van der Waals surface area contributed by atoms with Gasteiger partial charge in [0.05, 0.1) is 0 Å². The van der Waals surface area contributed by atoms with Gasteiger partial charge in [0.2, 0.25) is 0 Å². The molecule has 0 radical (unpaired) electrons. The largest absolute Gasteiger partial charge is 0.481 e. The Kier molecular flexibility index (Phi) is 3.89. The van der Waals surface area contributed by atoms with E-state index < -0.39 is 5.97 Å². The molecule has 0 aliphatic carbocycles. The number of carboxylic acid groups (broad SMARTS) is 1. The van der Waals surface area contributed by atoms with Crippen LogP contribution in [0.2, 0.25) is 0 Å². The van der Waals surface area contributed by atoms with E-state index in [1.165, 1.54) is 0 Å². The van der Waals surface area contributed by atoms with Gasteiger partial charge >= 0.3 is 5.97 Å². The van der Waals surface area contributed by atoms with Crippen molar-refractivity contribution in [3.63, 3.8) is 0 Å². The summed E-state index contributed by atoms with van der Waals surface area (Å²) in [6.45, 7) is 3.85. The van der Waals surface area contributed by atoms with E-state index in [1.54, 1.807) is 0 Å². The van der Waals surface area contributed by atoms with E-state index in [9.17, 15) is 4.79 Å². The van der Waals surface area contributed by atoms with Gasteiger partial charge < -0.3 is 5.11 Å². The molecule has 0 unspecified atom stereocenters. The number of hydrogen-bond acceptors (Lipinski definition) is 1. The zero-order chi connectivity index (χ0) is 10.6. The van der Waals surface area contributed by atoms with Gasteiger partial charge in [-0.3, -0.25) is 4.79 Å². The second-order valence-corrected chi connectivity index (χ2v) is 3.92. The van der Waals surface area contributed by atoms with Gasteiger partial charge in [0.1, 0.15) is 0 Å². The molecule has 1 aromatic rings. The SMILES string of the molecule is C=C(CCC(=O)O)c1ccc(Br)cc1. The Morgan fingerprint density at radius 1 is 1.29 bits per heavy atom. The summed E-state index contributed by atoms with van der Waals surface area (Å²) < 4.78 is 1.01. The predicted molar refractivity (Wildman–Crippen MR) is 60.0 cm³/mol. The smallest absolute Gasteiger partial charge is 0.303 e.